The Balaban J connectivity index is 3.56. The van der Waals surface area contributed by atoms with E-state index in [0.717, 1.165) is 19.3 Å². The fourth-order valence-corrected chi connectivity index (χ4v) is 1.97. The molecule has 0 bridgehead atoms. The second-order valence-electron chi connectivity index (χ2n) is 4.68. The largest absolute Gasteiger partial charge is 0.481 e. The van der Waals surface area contributed by atoms with Crippen LogP contribution in [0.4, 0.5) is 0 Å². The molecule has 1 atom stereocenters. The molecule has 0 aliphatic rings. The standard InChI is InChI=1S/C14H26O4/c1-3-4-5-6-7-8-9-10-11-12(13(15)16)14(17)18-2/h12H,3-11H2,1-2H3,(H,15,16). The number of carbonyl (C=O) groups is 2. The highest BCUT2D eigenvalue weighted by Gasteiger charge is 2.26. The molecule has 4 heteroatoms. The van der Waals surface area contributed by atoms with Crippen LogP contribution >= 0.6 is 0 Å². The minimum Gasteiger partial charge on any atom is -0.481 e. The van der Waals surface area contributed by atoms with Gasteiger partial charge in [-0.3, -0.25) is 9.59 Å². The van der Waals surface area contributed by atoms with Crippen LogP contribution in [0.1, 0.15) is 64.7 Å². The third kappa shape index (κ3) is 8.09. The van der Waals surface area contributed by atoms with Crippen LogP contribution in [-0.4, -0.2) is 24.2 Å². The number of carboxylic acids is 1. The molecule has 4 nitrogen and oxygen atoms in total. The highest BCUT2D eigenvalue weighted by molar-refractivity contribution is 5.93. The number of carboxylic acid groups (broad SMARTS) is 1. The van der Waals surface area contributed by atoms with Crippen molar-refractivity contribution in [3.8, 4) is 0 Å². The lowest BCUT2D eigenvalue weighted by Crippen LogP contribution is -2.24. The molecular formula is C14H26O4. The lowest BCUT2D eigenvalue weighted by atomic mass is 10.00. The van der Waals surface area contributed by atoms with E-state index in [1.807, 2.05) is 0 Å². The Morgan fingerprint density at radius 1 is 1.00 bits per heavy atom. The molecule has 106 valence electrons. The first-order chi connectivity index (χ1) is 8.63. The maximum absolute atomic E-state index is 11.2. The summed E-state index contributed by atoms with van der Waals surface area (Å²) in [5, 5.41) is 8.87. The number of aliphatic carboxylic acids is 1. The number of rotatable bonds is 11. The zero-order valence-electron chi connectivity index (χ0n) is 11.6. The predicted octanol–water partition coefficient (Wildman–Crippen LogP) is 3.39. The summed E-state index contributed by atoms with van der Waals surface area (Å²) >= 11 is 0. The summed E-state index contributed by atoms with van der Waals surface area (Å²) in [4.78, 5) is 22.0. The Morgan fingerprint density at radius 3 is 1.94 bits per heavy atom. The topological polar surface area (TPSA) is 63.6 Å². The molecule has 0 heterocycles. The van der Waals surface area contributed by atoms with Gasteiger partial charge in [0.25, 0.3) is 0 Å². The van der Waals surface area contributed by atoms with E-state index in [9.17, 15) is 9.59 Å². The third-order valence-corrected chi connectivity index (χ3v) is 3.13. The molecule has 0 rings (SSSR count). The van der Waals surface area contributed by atoms with Gasteiger partial charge >= 0.3 is 11.9 Å². The van der Waals surface area contributed by atoms with Crippen LogP contribution in [0.15, 0.2) is 0 Å². The fraction of sp³-hybridized carbons (Fsp3) is 0.857. The third-order valence-electron chi connectivity index (χ3n) is 3.13. The first-order valence-corrected chi connectivity index (χ1v) is 6.94. The van der Waals surface area contributed by atoms with E-state index in [0.29, 0.717) is 6.42 Å². The zero-order valence-corrected chi connectivity index (χ0v) is 11.6. The first-order valence-electron chi connectivity index (χ1n) is 6.94. The van der Waals surface area contributed by atoms with E-state index >= 15 is 0 Å². The van der Waals surface area contributed by atoms with E-state index in [4.69, 9.17) is 5.11 Å². The van der Waals surface area contributed by atoms with Crippen molar-refractivity contribution >= 4 is 11.9 Å². The highest BCUT2D eigenvalue weighted by atomic mass is 16.5. The van der Waals surface area contributed by atoms with Gasteiger partial charge in [0.05, 0.1) is 7.11 Å². The van der Waals surface area contributed by atoms with Crippen LogP contribution in [0.2, 0.25) is 0 Å². The van der Waals surface area contributed by atoms with Crippen molar-refractivity contribution < 1.29 is 19.4 Å². The number of hydrogen-bond donors (Lipinski definition) is 1. The minimum atomic E-state index is -1.08. The second kappa shape index (κ2) is 11.1. The Morgan fingerprint density at radius 2 is 1.50 bits per heavy atom. The van der Waals surface area contributed by atoms with Crippen molar-refractivity contribution in [2.24, 2.45) is 5.92 Å². The van der Waals surface area contributed by atoms with Crippen LogP contribution in [0, 0.1) is 5.92 Å². The maximum atomic E-state index is 11.2. The van der Waals surface area contributed by atoms with Gasteiger partial charge in [0.1, 0.15) is 0 Å². The quantitative estimate of drug-likeness (QED) is 0.350. The van der Waals surface area contributed by atoms with Crippen LogP contribution in [-0.2, 0) is 14.3 Å². The number of hydrogen-bond acceptors (Lipinski definition) is 3. The van der Waals surface area contributed by atoms with E-state index < -0.39 is 17.9 Å². The average Bonchev–Trinajstić information content (AvgIpc) is 2.35. The molecule has 0 aromatic rings. The lowest BCUT2D eigenvalue weighted by Gasteiger charge is -2.09. The molecule has 0 aromatic heterocycles. The van der Waals surface area contributed by atoms with Gasteiger partial charge in [-0.05, 0) is 6.42 Å². The van der Waals surface area contributed by atoms with E-state index in [2.05, 4.69) is 11.7 Å². The molecule has 1 N–H and O–H groups in total. The molecule has 0 spiro atoms. The molecule has 0 fully saturated rings. The molecule has 0 aliphatic heterocycles. The van der Waals surface area contributed by atoms with Crippen molar-refractivity contribution in [1.82, 2.24) is 0 Å². The predicted molar refractivity (Wildman–Crippen MR) is 70.4 cm³/mol. The van der Waals surface area contributed by atoms with E-state index in [1.165, 1.54) is 39.2 Å². The second-order valence-corrected chi connectivity index (χ2v) is 4.68. The Hall–Kier alpha value is -1.06. The molecule has 1 unspecified atom stereocenters. The normalized spacial score (nSPS) is 12.1. The van der Waals surface area contributed by atoms with Gasteiger partial charge in [-0.1, -0.05) is 58.3 Å². The Kier molecular flexibility index (Phi) is 10.4. The minimum absolute atomic E-state index is 0.386. The van der Waals surface area contributed by atoms with Gasteiger partial charge in [-0.15, -0.1) is 0 Å². The number of carbonyl (C=O) groups excluding carboxylic acids is 1. The molecule has 0 radical (unpaired) electrons. The fourth-order valence-electron chi connectivity index (χ4n) is 1.97. The first kappa shape index (κ1) is 16.9. The lowest BCUT2D eigenvalue weighted by molar-refractivity contribution is -0.157. The van der Waals surface area contributed by atoms with Gasteiger partial charge in [0, 0.05) is 0 Å². The maximum Gasteiger partial charge on any atom is 0.320 e. The van der Waals surface area contributed by atoms with Crippen molar-refractivity contribution in [2.75, 3.05) is 7.11 Å². The zero-order chi connectivity index (χ0) is 13.8. The molecule has 18 heavy (non-hydrogen) atoms. The van der Waals surface area contributed by atoms with Gasteiger partial charge in [0.2, 0.25) is 0 Å². The smallest absolute Gasteiger partial charge is 0.320 e. The summed E-state index contributed by atoms with van der Waals surface area (Å²) in [6, 6.07) is 0. The molecule has 0 saturated carbocycles. The van der Waals surface area contributed by atoms with Gasteiger partial charge in [-0.25, -0.2) is 0 Å². The number of unbranched alkanes of at least 4 members (excludes halogenated alkanes) is 7. The summed E-state index contributed by atoms with van der Waals surface area (Å²) in [6.45, 7) is 2.19. The Labute approximate surface area is 110 Å². The molecular weight excluding hydrogens is 232 g/mol. The summed E-state index contributed by atoms with van der Waals surface area (Å²) in [7, 11) is 1.23. The molecule has 0 saturated heterocycles. The molecule has 0 aromatic carbocycles. The summed E-state index contributed by atoms with van der Waals surface area (Å²) in [5.41, 5.74) is 0. The van der Waals surface area contributed by atoms with Crippen LogP contribution in [0.25, 0.3) is 0 Å². The van der Waals surface area contributed by atoms with E-state index in [-0.39, 0.29) is 0 Å². The summed E-state index contributed by atoms with van der Waals surface area (Å²) in [5.74, 6) is -2.70. The van der Waals surface area contributed by atoms with Gasteiger partial charge < -0.3 is 9.84 Å². The molecule has 0 aliphatic carbocycles. The monoisotopic (exact) mass is 258 g/mol. The van der Waals surface area contributed by atoms with Crippen LogP contribution in [0.3, 0.4) is 0 Å². The molecule has 0 amide bonds. The average molecular weight is 258 g/mol. The van der Waals surface area contributed by atoms with Crippen LogP contribution in [0.5, 0.6) is 0 Å². The van der Waals surface area contributed by atoms with Crippen LogP contribution < -0.4 is 0 Å². The highest BCUT2D eigenvalue weighted by Crippen LogP contribution is 2.14. The van der Waals surface area contributed by atoms with Gasteiger partial charge in [0.15, 0.2) is 5.92 Å². The SMILES string of the molecule is CCCCCCCCCCC(C(=O)O)C(=O)OC. The van der Waals surface area contributed by atoms with Crippen molar-refractivity contribution in [2.45, 2.75) is 64.7 Å². The summed E-state index contributed by atoms with van der Waals surface area (Å²) in [6.07, 6.45) is 9.57. The number of methoxy groups -OCH3 is 1. The summed E-state index contributed by atoms with van der Waals surface area (Å²) < 4.78 is 4.48. The van der Waals surface area contributed by atoms with E-state index in [1.54, 1.807) is 0 Å². The Bertz CT molecular complexity index is 238. The van der Waals surface area contributed by atoms with Gasteiger partial charge in [-0.2, -0.15) is 0 Å². The van der Waals surface area contributed by atoms with Crippen molar-refractivity contribution in [1.29, 1.82) is 0 Å². The van der Waals surface area contributed by atoms with Crippen molar-refractivity contribution in [3.63, 3.8) is 0 Å². The number of esters is 1. The van der Waals surface area contributed by atoms with Crippen molar-refractivity contribution in [3.05, 3.63) is 0 Å². The number of ether oxygens (including phenoxy) is 1.